The van der Waals surface area contributed by atoms with E-state index >= 15 is 0 Å². The first-order chi connectivity index (χ1) is 28.6. The highest BCUT2D eigenvalue weighted by atomic mass is 31.2. The van der Waals surface area contributed by atoms with Gasteiger partial charge in [0.2, 0.25) is 0 Å². The maximum atomic E-state index is 12.6. The van der Waals surface area contributed by atoms with Gasteiger partial charge < -0.3 is 30.3 Å². The molecule has 0 heterocycles. The first kappa shape index (κ1) is 56.6. The topological polar surface area (TPSA) is 175 Å². The number of esters is 2. The first-order valence-electron chi connectivity index (χ1n) is 22.9. The van der Waals surface area contributed by atoms with Crippen molar-refractivity contribution >= 4 is 19.8 Å². The molecule has 0 aromatic carbocycles. The summed E-state index contributed by atoms with van der Waals surface area (Å²) in [5.41, 5.74) is 5.34. The number of hydrogen-bond acceptors (Lipinski definition) is 10. The van der Waals surface area contributed by atoms with Crippen LogP contribution in [0.1, 0.15) is 181 Å². The van der Waals surface area contributed by atoms with Gasteiger partial charge in [-0.1, -0.05) is 152 Å². The summed E-state index contributed by atoms with van der Waals surface area (Å²) in [6, 6.07) is 0. The molecule has 4 atom stereocenters. The Bertz CT molecular complexity index is 1190. The number of nitrogens with two attached hydrogens (primary N) is 1. The van der Waals surface area contributed by atoms with Crippen LogP contribution in [0.2, 0.25) is 0 Å². The van der Waals surface area contributed by atoms with Gasteiger partial charge in [-0.2, -0.15) is 0 Å². The molecule has 0 amide bonds. The molecule has 0 rings (SSSR count). The normalized spacial score (nSPS) is 14.9. The van der Waals surface area contributed by atoms with Crippen molar-refractivity contribution in [3.63, 3.8) is 0 Å². The zero-order valence-corrected chi connectivity index (χ0v) is 37.8. The minimum absolute atomic E-state index is 0.00537. The number of phosphoric ester groups is 1. The van der Waals surface area contributed by atoms with Crippen LogP contribution in [0.4, 0.5) is 0 Å². The average molecular weight is 854 g/mol. The Hall–Kier alpha value is -2.37. The van der Waals surface area contributed by atoms with Gasteiger partial charge in [0.1, 0.15) is 6.61 Å². The number of hydrogen-bond donors (Lipinski definition) is 4. The lowest BCUT2D eigenvalue weighted by Gasteiger charge is -2.20. The van der Waals surface area contributed by atoms with Crippen molar-refractivity contribution in [1.29, 1.82) is 0 Å². The van der Waals surface area contributed by atoms with Crippen molar-refractivity contribution in [1.82, 2.24) is 0 Å². The molecule has 1 unspecified atom stereocenters. The largest absolute Gasteiger partial charge is 0.472 e. The summed E-state index contributed by atoms with van der Waals surface area (Å²) in [4.78, 5) is 35.0. The first-order valence-corrected chi connectivity index (χ1v) is 24.4. The predicted molar refractivity (Wildman–Crippen MR) is 241 cm³/mol. The van der Waals surface area contributed by atoms with Gasteiger partial charge in [-0.05, 0) is 77.0 Å². The number of unbranched alkanes of at least 4 members (excludes halogenated alkanes) is 15. The van der Waals surface area contributed by atoms with Crippen LogP contribution in [0.5, 0.6) is 0 Å². The Balaban J connectivity index is 4.35. The molecule has 5 N–H and O–H groups in total. The lowest BCUT2D eigenvalue weighted by Crippen LogP contribution is -2.30. The molecule has 342 valence electrons. The van der Waals surface area contributed by atoms with Crippen LogP contribution in [-0.2, 0) is 32.7 Å². The molecule has 0 radical (unpaired) electrons. The van der Waals surface area contributed by atoms with E-state index in [0.29, 0.717) is 6.42 Å². The van der Waals surface area contributed by atoms with Gasteiger partial charge in [-0.15, -0.1) is 0 Å². The summed E-state index contributed by atoms with van der Waals surface area (Å²) < 4.78 is 32.6. The van der Waals surface area contributed by atoms with Gasteiger partial charge in [0.15, 0.2) is 6.10 Å². The second-order valence-corrected chi connectivity index (χ2v) is 16.6. The third kappa shape index (κ3) is 40.8. The predicted octanol–water partition coefficient (Wildman–Crippen LogP) is 11.2. The summed E-state index contributed by atoms with van der Waals surface area (Å²) in [5.74, 6) is -1.12. The Morgan fingerprint density at radius 1 is 0.593 bits per heavy atom. The summed E-state index contributed by atoms with van der Waals surface area (Å²) in [6.45, 7) is 3.27. The summed E-state index contributed by atoms with van der Waals surface area (Å²) in [5, 5.41) is 20.7. The van der Waals surface area contributed by atoms with Crippen molar-refractivity contribution in [2.75, 3.05) is 26.4 Å². The molecule has 0 fully saturated rings. The van der Waals surface area contributed by atoms with E-state index in [2.05, 4.69) is 56.4 Å². The van der Waals surface area contributed by atoms with Crippen LogP contribution in [0.15, 0.2) is 60.8 Å². The monoisotopic (exact) mass is 854 g/mol. The number of allylic oxidation sites excluding steroid dienone is 9. The van der Waals surface area contributed by atoms with Crippen LogP contribution in [-0.4, -0.2) is 71.7 Å². The third-order valence-electron chi connectivity index (χ3n) is 9.59. The standard InChI is InChI=1S/C47H84NO10P/c1-3-5-7-9-11-13-15-17-18-19-20-21-22-23-25-27-29-31-33-37-46(51)55-41-43(42-57-59(53,54)56-40-39-48)58-47(52)38-34-36-45(50)44(49)35-32-30-28-26-24-16-14-12-10-8-6-4-2/h6,8,12,14,17-18,24,26,30,32,43-45,49-50H,3-5,7,9-11,13,15-16,19-23,25,27-29,31,33-42,48H2,1-2H3,(H,53,54)/b8-6-,14-12-,18-17-,26-24-,32-30-/t43-,44-,45-/m1/s1. The van der Waals surface area contributed by atoms with Crippen molar-refractivity contribution < 1.29 is 47.8 Å². The molecule has 0 spiro atoms. The van der Waals surface area contributed by atoms with Crippen LogP contribution in [0, 0.1) is 0 Å². The number of carbonyl (C=O) groups excluding carboxylic acids is 2. The second-order valence-electron chi connectivity index (χ2n) is 15.2. The maximum Gasteiger partial charge on any atom is 0.472 e. The number of aliphatic hydroxyl groups is 2. The number of phosphoric acid groups is 1. The van der Waals surface area contributed by atoms with E-state index in [1.54, 1.807) is 0 Å². The van der Waals surface area contributed by atoms with Crippen LogP contribution in [0.3, 0.4) is 0 Å². The summed E-state index contributed by atoms with van der Waals surface area (Å²) in [7, 11) is -4.46. The Morgan fingerprint density at radius 3 is 1.66 bits per heavy atom. The zero-order chi connectivity index (χ0) is 43.5. The van der Waals surface area contributed by atoms with Gasteiger partial charge >= 0.3 is 19.8 Å². The molecule has 0 aliphatic heterocycles. The molecule has 0 bridgehead atoms. The Kier molecular flexibility index (Phi) is 40.6. The fourth-order valence-corrected chi connectivity index (χ4v) is 6.83. The van der Waals surface area contributed by atoms with Crippen LogP contribution in [0.25, 0.3) is 0 Å². The fraction of sp³-hybridized carbons (Fsp3) is 0.745. The van der Waals surface area contributed by atoms with Crippen molar-refractivity contribution in [2.24, 2.45) is 5.73 Å². The van der Waals surface area contributed by atoms with Crippen LogP contribution >= 0.6 is 7.82 Å². The van der Waals surface area contributed by atoms with Crippen molar-refractivity contribution in [2.45, 2.75) is 199 Å². The number of ether oxygens (including phenoxy) is 2. The summed E-state index contributed by atoms with van der Waals surface area (Å²) >= 11 is 0. The fourth-order valence-electron chi connectivity index (χ4n) is 6.07. The Morgan fingerprint density at radius 2 is 1.10 bits per heavy atom. The van der Waals surface area contributed by atoms with Gasteiger partial charge in [0.25, 0.3) is 0 Å². The molecule has 0 aliphatic rings. The number of rotatable bonds is 42. The van der Waals surface area contributed by atoms with Crippen molar-refractivity contribution in [3.05, 3.63) is 60.8 Å². The third-order valence-corrected chi connectivity index (χ3v) is 10.6. The van der Waals surface area contributed by atoms with E-state index in [4.69, 9.17) is 24.3 Å². The lowest BCUT2D eigenvalue weighted by atomic mass is 10.0. The SMILES string of the molecule is CC/C=C\C/C=C\C/C=C\C/C=C\C[C@@H](O)[C@H](O)CCCC(=O)O[C@H](COC(=O)CCCCCCCCCCC/C=C\CCCCCCCC)COP(=O)(O)OCCN. The Labute approximate surface area is 358 Å². The lowest BCUT2D eigenvalue weighted by molar-refractivity contribution is -0.161. The molecule has 0 aliphatic carbocycles. The van der Waals surface area contributed by atoms with Gasteiger partial charge in [0, 0.05) is 19.4 Å². The van der Waals surface area contributed by atoms with Gasteiger partial charge in [-0.3, -0.25) is 18.6 Å². The smallest absolute Gasteiger partial charge is 0.462 e. The zero-order valence-electron chi connectivity index (χ0n) is 36.9. The molecule has 0 saturated carbocycles. The minimum Gasteiger partial charge on any atom is -0.462 e. The molecular weight excluding hydrogens is 769 g/mol. The highest BCUT2D eigenvalue weighted by molar-refractivity contribution is 7.47. The van der Waals surface area contributed by atoms with E-state index in [1.165, 1.54) is 83.5 Å². The molecule has 0 aromatic rings. The highest BCUT2D eigenvalue weighted by Gasteiger charge is 2.26. The molecule has 12 heteroatoms. The number of carbonyl (C=O) groups is 2. The van der Waals surface area contributed by atoms with Crippen LogP contribution < -0.4 is 5.73 Å². The van der Waals surface area contributed by atoms with Gasteiger partial charge in [-0.25, -0.2) is 4.57 Å². The van der Waals surface area contributed by atoms with E-state index in [-0.39, 0.29) is 51.9 Å². The van der Waals surface area contributed by atoms with E-state index in [0.717, 1.165) is 44.9 Å². The average Bonchev–Trinajstić information content (AvgIpc) is 3.22. The molecule has 11 nitrogen and oxygen atoms in total. The second kappa shape index (κ2) is 42.3. The van der Waals surface area contributed by atoms with E-state index < -0.39 is 44.7 Å². The molecule has 0 saturated heterocycles. The highest BCUT2D eigenvalue weighted by Crippen LogP contribution is 2.43. The molecular formula is C47H84NO10P. The van der Waals surface area contributed by atoms with Crippen molar-refractivity contribution in [3.8, 4) is 0 Å². The van der Waals surface area contributed by atoms with Gasteiger partial charge in [0.05, 0.1) is 25.4 Å². The van der Waals surface area contributed by atoms with E-state index in [1.807, 2.05) is 18.2 Å². The molecule has 0 aromatic heterocycles. The molecule has 59 heavy (non-hydrogen) atoms. The quantitative estimate of drug-likeness (QED) is 0.0199. The summed E-state index contributed by atoms with van der Waals surface area (Å²) in [6.07, 6.45) is 42.8. The minimum atomic E-state index is -4.46. The number of aliphatic hydroxyl groups excluding tert-OH is 2. The maximum absolute atomic E-state index is 12.6. The van der Waals surface area contributed by atoms with E-state index in [9.17, 15) is 29.3 Å².